The maximum Gasteiger partial charge on any atom is 0.305 e. The molecule has 0 spiro atoms. The van der Waals surface area contributed by atoms with Crippen LogP contribution in [0.5, 0.6) is 0 Å². The first-order chi connectivity index (χ1) is 6.31. The van der Waals surface area contributed by atoms with Crippen molar-refractivity contribution in [3.8, 4) is 0 Å². The molecule has 0 aromatic rings. The van der Waals surface area contributed by atoms with E-state index < -0.39 is 0 Å². The normalized spacial score (nSPS) is 10.0. The average Bonchev–Trinajstić information content (AvgIpc) is 2.13. The van der Waals surface area contributed by atoms with Gasteiger partial charge in [0, 0.05) is 13.0 Å². The molecule has 13 heavy (non-hydrogen) atoms. The van der Waals surface area contributed by atoms with Gasteiger partial charge in [0.2, 0.25) is 0 Å². The van der Waals surface area contributed by atoms with E-state index in [0.29, 0.717) is 19.4 Å². The molecule has 3 heteroatoms. The Bertz CT molecular complexity index is 123. The number of aliphatic hydroxyl groups excluding tert-OH is 1. The van der Waals surface area contributed by atoms with Crippen LogP contribution in [0, 0.1) is 0 Å². The van der Waals surface area contributed by atoms with E-state index in [4.69, 9.17) is 9.84 Å². The summed E-state index contributed by atoms with van der Waals surface area (Å²) < 4.78 is 4.94. The molecule has 78 valence electrons. The summed E-state index contributed by atoms with van der Waals surface area (Å²) in [5.74, 6) is -0.105. The van der Waals surface area contributed by atoms with Crippen LogP contribution in [0.25, 0.3) is 0 Å². The number of aliphatic hydroxyl groups is 1. The molecule has 0 rings (SSSR count). The largest absolute Gasteiger partial charge is 0.466 e. The molecule has 0 aromatic carbocycles. The Hall–Kier alpha value is -0.570. The molecule has 0 bridgehead atoms. The number of carbonyl (C=O) groups is 1. The molecule has 0 aliphatic carbocycles. The second kappa shape index (κ2) is 9.52. The van der Waals surface area contributed by atoms with Gasteiger partial charge in [-0.05, 0) is 19.3 Å². The molecule has 0 saturated heterocycles. The van der Waals surface area contributed by atoms with Crippen LogP contribution >= 0.6 is 0 Å². The zero-order valence-corrected chi connectivity index (χ0v) is 8.42. The van der Waals surface area contributed by atoms with Gasteiger partial charge in [0.05, 0.1) is 6.61 Å². The van der Waals surface area contributed by atoms with E-state index in [1.54, 1.807) is 0 Å². The van der Waals surface area contributed by atoms with Gasteiger partial charge < -0.3 is 9.84 Å². The summed E-state index contributed by atoms with van der Waals surface area (Å²) in [5, 5.41) is 8.46. The zero-order chi connectivity index (χ0) is 9.94. The van der Waals surface area contributed by atoms with E-state index in [1.165, 1.54) is 0 Å². The van der Waals surface area contributed by atoms with Crippen molar-refractivity contribution >= 4 is 5.97 Å². The van der Waals surface area contributed by atoms with Crippen LogP contribution in [0.3, 0.4) is 0 Å². The number of hydrogen-bond acceptors (Lipinski definition) is 3. The van der Waals surface area contributed by atoms with Crippen LogP contribution in [-0.2, 0) is 9.53 Å². The first-order valence-corrected chi connectivity index (χ1v) is 5.07. The smallest absolute Gasteiger partial charge is 0.305 e. The third kappa shape index (κ3) is 9.34. The van der Waals surface area contributed by atoms with Crippen molar-refractivity contribution in [3.05, 3.63) is 0 Å². The lowest BCUT2D eigenvalue weighted by Gasteiger charge is -2.03. The van der Waals surface area contributed by atoms with Crippen LogP contribution in [0.4, 0.5) is 0 Å². The van der Waals surface area contributed by atoms with Crippen molar-refractivity contribution in [2.75, 3.05) is 13.2 Å². The van der Waals surface area contributed by atoms with Crippen molar-refractivity contribution < 1.29 is 14.6 Å². The van der Waals surface area contributed by atoms with E-state index in [9.17, 15) is 4.79 Å². The minimum atomic E-state index is -0.105. The summed E-state index contributed by atoms with van der Waals surface area (Å²) in [7, 11) is 0. The summed E-state index contributed by atoms with van der Waals surface area (Å²) in [6.45, 7) is 2.73. The van der Waals surface area contributed by atoms with Crippen molar-refractivity contribution in [2.24, 2.45) is 0 Å². The van der Waals surface area contributed by atoms with Gasteiger partial charge in [-0.3, -0.25) is 4.79 Å². The van der Waals surface area contributed by atoms with Gasteiger partial charge in [0.25, 0.3) is 0 Å². The van der Waals surface area contributed by atoms with Crippen molar-refractivity contribution in [1.82, 2.24) is 0 Å². The molecule has 0 fully saturated rings. The Balaban J connectivity index is 3.11. The lowest BCUT2D eigenvalue weighted by atomic mass is 10.2. The second-order valence-electron chi connectivity index (χ2n) is 3.11. The predicted octanol–water partition coefficient (Wildman–Crippen LogP) is 1.88. The van der Waals surface area contributed by atoms with E-state index >= 15 is 0 Å². The fourth-order valence-corrected chi connectivity index (χ4v) is 0.991. The first-order valence-electron chi connectivity index (χ1n) is 5.07. The average molecular weight is 188 g/mol. The van der Waals surface area contributed by atoms with E-state index in [-0.39, 0.29) is 12.6 Å². The monoisotopic (exact) mass is 188 g/mol. The minimum Gasteiger partial charge on any atom is -0.466 e. The maximum atomic E-state index is 11.0. The fourth-order valence-electron chi connectivity index (χ4n) is 0.991. The number of hydrogen-bond donors (Lipinski definition) is 1. The van der Waals surface area contributed by atoms with Gasteiger partial charge in [0.15, 0.2) is 0 Å². The highest BCUT2D eigenvalue weighted by molar-refractivity contribution is 5.69. The molecule has 0 aromatic heterocycles. The van der Waals surface area contributed by atoms with Crippen molar-refractivity contribution in [2.45, 2.75) is 45.4 Å². The second-order valence-corrected chi connectivity index (χ2v) is 3.11. The highest BCUT2D eigenvalue weighted by Crippen LogP contribution is 2.01. The molecule has 3 nitrogen and oxygen atoms in total. The summed E-state index contributed by atoms with van der Waals surface area (Å²) in [6.07, 6.45) is 5.14. The SMILES string of the molecule is CCCCCC(=O)OCCCCO. The van der Waals surface area contributed by atoms with Crippen molar-refractivity contribution in [3.63, 3.8) is 0 Å². The minimum absolute atomic E-state index is 0.105. The molecule has 0 radical (unpaired) electrons. The molecule has 0 amide bonds. The summed E-state index contributed by atoms with van der Waals surface area (Å²) in [4.78, 5) is 11.0. The standard InChI is InChI=1S/C10H20O3/c1-2-3-4-7-10(12)13-9-6-5-8-11/h11H,2-9H2,1H3. The number of ether oxygens (including phenoxy) is 1. The first kappa shape index (κ1) is 12.4. The molecule has 0 unspecified atom stereocenters. The van der Waals surface area contributed by atoms with Gasteiger partial charge in [0.1, 0.15) is 0 Å². The molecule has 0 atom stereocenters. The Morgan fingerprint density at radius 3 is 2.62 bits per heavy atom. The maximum absolute atomic E-state index is 11.0. The fraction of sp³-hybridized carbons (Fsp3) is 0.900. The van der Waals surface area contributed by atoms with Gasteiger partial charge in [-0.25, -0.2) is 0 Å². The number of carbonyl (C=O) groups excluding carboxylic acids is 1. The Morgan fingerprint density at radius 2 is 2.00 bits per heavy atom. The van der Waals surface area contributed by atoms with Crippen LogP contribution in [0.15, 0.2) is 0 Å². The van der Waals surface area contributed by atoms with Crippen LogP contribution in [0.1, 0.15) is 45.4 Å². The van der Waals surface area contributed by atoms with Gasteiger partial charge in [-0.15, -0.1) is 0 Å². The quantitative estimate of drug-likeness (QED) is 0.467. The van der Waals surface area contributed by atoms with Crippen LogP contribution < -0.4 is 0 Å². The van der Waals surface area contributed by atoms with Gasteiger partial charge in [-0.2, -0.15) is 0 Å². The molecule has 0 saturated carbocycles. The summed E-state index contributed by atoms with van der Waals surface area (Å²) in [6, 6.07) is 0. The molecule has 0 heterocycles. The van der Waals surface area contributed by atoms with Crippen molar-refractivity contribution in [1.29, 1.82) is 0 Å². The lowest BCUT2D eigenvalue weighted by Crippen LogP contribution is -2.05. The van der Waals surface area contributed by atoms with Crippen LogP contribution in [-0.4, -0.2) is 24.3 Å². The highest BCUT2D eigenvalue weighted by atomic mass is 16.5. The molecular weight excluding hydrogens is 168 g/mol. The molecule has 0 aliphatic heterocycles. The third-order valence-electron chi connectivity index (χ3n) is 1.80. The number of unbranched alkanes of at least 4 members (excludes halogenated alkanes) is 3. The topological polar surface area (TPSA) is 46.5 Å². The predicted molar refractivity (Wildman–Crippen MR) is 51.4 cm³/mol. The van der Waals surface area contributed by atoms with E-state index in [2.05, 4.69) is 6.92 Å². The third-order valence-corrected chi connectivity index (χ3v) is 1.80. The van der Waals surface area contributed by atoms with Gasteiger partial charge >= 0.3 is 5.97 Å². The highest BCUT2D eigenvalue weighted by Gasteiger charge is 2.00. The number of esters is 1. The van der Waals surface area contributed by atoms with Gasteiger partial charge in [-0.1, -0.05) is 19.8 Å². The summed E-state index contributed by atoms with van der Waals surface area (Å²) in [5.41, 5.74) is 0. The molecular formula is C10H20O3. The number of rotatable bonds is 8. The Labute approximate surface area is 80.1 Å². The zero-order valence-electron chi connectivity index (χ0n) is 8.42. The van der Waals surface area contributed by atoms with Crippen LogP contribution in [0.2, 0.25) is 0 Å². The lowest BCUT2D eigenvalue weighted by molar-refractivity contribution is -0.143. The summed E-state index contributed by atoms with van der Waals surface area (Å²) >= 11 is 0. The Morgan fingerprint density at radius 1 is 1.23 bits per heavy atom. The van der Waals surface area contributed by atoms with E-state index in [0.717, 1.165) is 25.7 Å². The molecule has 0 aliphatic rings. The van der Waals surface area contributed by atoms with E-state index in [1.807, 2.05) is 0 Å². The molecule has 1 N–H and O–H groups in total. The Kier molecular flexibility index (Phi) is 9.10.